The third-order valence-electron chi connectivity index (χ3n) is 4.83. The molecule has 5 heteroatoms. The lowest BCUT2D eigenvalue weighted by molar-refractivity contribution is 0.210. The number of hydrogen-bond donors (Lipinski definition) is 1. The van der Waals surface area contributed by atoms with Crippen molar-refractivity contribution in [1.29, 1.82) is 0 Å². The molecule has 0 aliphatic carbocycles. The van der Waals surface area contributed by atoms with Crippen LogP contribution in [0, 0.1) is 0 Å². The minimum Gasteiger partial charge on any atom is -0.383 e. The van der Waals surface area contributed by atoms with Gasteiger partial charge in [0.1, 0.15) is 5.82 Å². The first-order valence-corrected chi connectivity index (χ1v) is 9.32. The highest BCUT2D eigenvalue weighted by atomic mass is 16.5. The molecule has 0 unspecified atom stereocenters. The van der Waals surface area contributed by atoms with Gasteiger partial charge in [0, 0.05) is 38.4 Å². The summed E-state index contributed by atoms with van der Waals surface area (Å²) >= 11 is 0. The topological polar surface area (TPSA) is 50.3 Å². The van der Waals surface area contributed by atoms with Gasteiger partial charge in [-0.2, -0.15) is 4.98 Å². The number of hydrogen-bond acceptors (Lipinski definition) is 5. The lowest BCUT2D eigenvalue weighted by Crippen LogP contribution is -2.31. The van der Waals surface area contributed by atoms with Gasteiger partial charge in [0.15, 0.2) is 0 Å². The molecule has 0 saturated heterocycles. The van der Waals surface area contributed by atoms with Crippen LogP contribution in [0.5, 0.6) is 0 Å². The predicted molar refractivity (Wildman–Crippen MR) is 109 cm³/mol. The molecule has 0 saturated carbocycles. The molecule has 0 amide bonds. The van der Waals surface area contributed by atoms with Crippen molar-refractivity contribution < 1.29 is 4.74 Å². The summed E-state index contributed by atoms with van der Waals surface area (Å²) in [6, 6.07) is 21.0. The molecule has 4 rings (SSSR count). The van der Waals surface area contributed by atoms with E-state index in [1.54, 1.807) is 7.11 Å². The minimum absolute atomic E-state index is 0.616. The van der Waals surface area contributed by atoms with Crippen molar-refractivity contribution in [2.75, 3.05) is 37.0 Å². The first-order valence-electron chi connectivity index (χ1n) is 9.32. The molecule has 0 radical (unpaired) electrons. The first-order chi connectivity index (χ1) is 13.3. The largest absolute Gasteiger partial charge is 0.383 e. The summed E-state index contributed by atoms with van der Waals surface area (Å²) < 4.78 is 5.14. The second kappa shape index (κ2) is 8.18. The third-order valence-corrected chi connectivity index (χ3v) is 4.83. The van der Waals surface area contributed by atoms with Gasteiger partial charge in [0.05, 0.1) is 12.3 Å². The highest BCUT2D eigenvalue weighted by molar-refractivity contribution is 5.65. The number of ether oxygens (including phenoxy) is 1. The standard InChI is InChI=1S/C22H24N4O/c1-27-14-12-23-22-24-20(18-8-3-2-4-9-18)15-21(25-22)26-13-11-17-7-5-6-10-19(17)16-26/h2-10,15H,11-14,16H2,1H3,(H,23,24,25). The summed E-state index contributed by atoms with van der Waals surface area (Å²) in [4.78, 5) is 11.8. The monoisotopic (exact) mass is 360 g/mol. The predicted octanol–water partition coefficient (Wildman–Crippen LogP) is 3.76. The Kier molecular flexibility index (Phi) is 5.30. The van der Waals surface area contributed by atoms with E-state index in [9.17, 15) is 0 Å². The van der Waals surface area contributed by atoms with Crippen LogP contribution in [0.25, 0.3) is 11.3 Å². The van der Waals surface area contributed by atoms with Crippen molar-refractivity contribution in [3.05, 3.63) is 71.8 Å². The zero-order chi connectivity index (χ0) is 18.5. The number of rotatable bonds is 6. The van der Waals surface area contributed by atoms with Gasteiger partial charge in [-0.25, -0.2) is 4.98 Å². The average Bonchev–Trinajstić information content (AvgIpc) is 2.74. The number of nitrogens with one attached hydrogen (secondary N) is 1. The smallest absolute Gasteiger partial charge is 0.225 e. The van der Waals surface area contributed by atoms with E-state index in [0.29, 0.717) is 19.1 Å². The van der Waals surface area contributed by atoms with E-state index < -0.39 is 0 Å². The van der Waals surface area contributed by atoms with Gasteiger partial charge in [-0.05, 0) is 17.5 Å². The van der Waals surface area contributed by atoms with Crippen LogP contribution in [0.3, 0.4) is 0 Å². The minimum atomic E-state index is 0.616. The van der Waals surface area contributed by atoms with E-state index in [4.69, 9.17) is 14.7 Å². The summed E-state index contributed by atoms with van der Waals surface area (Å²) in [5, 5.41) is 3.28. The van der Waals surface area contributed by atoms with Crippen LogP contribution in [-0.2, 0) is 17.7 Å². The fraction of sp³-hybridized carbons (Fsp3) is 0.273. The van der Waals surface area contributed by atoms with Gasteiger partial charge in [-0.15, -0.1) is 0 Å². The van der Waals surface area contributed by atoms with Gasteiger partial charge in [-0.3, -0.25) is 0 Å². The molecule has 0 fully saturated rings. The highest BCUT2D eigenvalue weighted by Crippen LogP contribution is 2.27. The lowest BCUT2D eigenvalue weighted by Gasteiger charge is -2.30. The van der Waals surface area contributed by atoms with Crippen LogP contribution in [0.1, 0.15) is 11.1 Å². The normalized spacial score (nSPS) is 13.3. The Labute approximate surface area is 160 Å². The van der Waals surface area contributed by atoms with Crippen LogP contribution >= 0.6 is 0 Å². The summed E-state index contributed by atoms with van der Waals surface area (Å²) in [5.41, 5.74) is 4.83. The zero-order valence-electron chi connectivity index (χ0n) is 15.6. The first kappa shape index (κ1) is 17.5. The van der Waals surface area contributed by atoms with Gasteiger partial charge in [0.25, 0.3) is 0 Å². The number of nitrogens with zero attached hydrogens (tertiary/aromatic N) is 3. The molecular weight excluding hydrogens is 336 g/mol. The van der Waals surface area contributed by atoms with Gasteiger partial charge >= 0.3 is 0 Å². The molecule has 1 N–H and O–H groups in total. The maximum Gasteiger partial charge on any atom is 0.225 e. The number of methoxy groups -OCH3 is 1. The zero-order valence-corrected chi connectivity index (χ0v) is 15.6. The van der Waals surface area contributed by atoms with Gasteiger partial charge < -0.3 is 15.0 Å². The van der Waals surface area contributed by atoms with Crippen molar-refractivity contribution in [2.24, 2.45) is 0 Å². The summed E-state index contributed by atoms with van der Waals surface area (Å²) in [5.74, 6) is 1.60. The summed E-state index contributed by atoms with van der Waals surface area (Å²) in [6.45, 7) is 3.13. The molecule has 0 atom stereocenters. The van der Waals surface area contributed by atoms with E-state index in [1.165, 1.54) is 11.1 Å². The second-order valence-electron chi connectivity index (χ2n) is 6.66. The lowest BCUT2D eigenvalue weighted by atomic mass is 10.00. The SMILES string of the molecule is COCCNc1nc(-c2ccccc2)cc(N2CCc3ccccc3C2)n1. The number of benzene rings is 2. The third kappa shape index (κ3) is 4.09. The maximum absolute atomic E-state index is 5.14. The Hall–Kier alpha value is -2.92. The van der Waals surface area contributed by atoms with Crippen LogP contribution in [0.15, 0.2) is 60.7 Å². The molecule has 138 valence electrons. The fourth-order valence-electron chi connectivity index (χ4n) is 3.39. The summed E-state index contributed by atoms with van der Waals surface area (Å²) in [6.07, 6.45) is 1.04. The quantitative estimate of drug-likeness (QED) is 0.678. The summed E-state index contributed by atoms with van der Waals surface area (Å²) in [7, 11) is 1.69. The Morgan fingerprint density at radius 1 is 1.00 bits per heavy atom. The van der Waals surface area contributed by atoms with Crippen LogP contribution in [0.2, 0.25) is 0 Å². The van der Waals surface area contributed by atoms with Gasteiger partial charge in [-0.1, -0.05) is 54.6 Å². The molecule has 27 heavy (non-hydrogen) atoms. The molecule has 0 bridgehead atoms. The van der Waals surface area contributed by atoms with Crippen molar-refractivity contribution in [3.8, 4) is 11.3 Å². The number of aromatic nitrogens is 2. The Morgan fingerprint density at radius 2 is 1.78 bits per heavy atom. The molecule has 1 aliphatic heterocycles. The second-order valence-corrected chi connectivity index (χ2v) is 6.66. The number of anilines is 2. The molecule has 5 nitrogen and oxygen atoms in total. The van der Waals surface area contributed by atoms with E-state index in [0.717, 1.165) is 36.6 Å². The Morgan fingerprint density at radius 3 is 2.59 bits per heavy atom. The van der Waals surface area contributed by atoms with Crippen molar-refractivity contribution >= 4 is 11.8 Å². The molecule has 1 aliphatic rings. The fourth-order valence-corrected chi connectivity index (χ4v) is 3.39. The Balaban J connectivity index is 1.66. The molecule has 2 heterocycles. The van der Waals surface area contributed by atoms with Crippen molar-refractivity contribution in [2.45, 2.75) is 13.0 Å². The van der Waals surface area contributed by atoms with E-state index >= 15 is 0 Å². The molecule has 3 aromatic rings. The maximum atomic E-state index is 5.14. The Bertz CT molecular complexity index is 898. The van der Waals surface area contributed by atoms with Crippen molar-refractivity contribution in [3.63, 3.8) is 0 Å². The van der Waals surface area contributed by atoms with Crippen molar-refractivity contribution in [1.82, 2.24) is 9.97 Å². The van der Waals surface area contributed by atoms with Crippen LogP contribution < -0.4 is 10.2 Å². The average molecular weight is 360 g/mol. The number of fused-ring (bicyclic) bond motifs is 1. The molecule has 2 aromatic carbocycles. The molecule has 1 aromatic heterocycles. The molecular formula is C22H24N4O. The van der Waals surface area contributed by atoms with Crippen LogP contribution in [0.4, 0.5) is 11.8 Å². The van der Waals surface area contributed by atoms with Crippen LogP contribution in [-0.4, -0.2) is 36.8 Å². The highest BCUT2D eigenvalue weighted by Gasteiger charge is 2.19. The van der Waals surface area contributed by atoms with E-state index in [2.05, 4.69) is 52.7 Å². The van der Waals surface area contributed by atoms with E-state index in [1.807, 2.05) is 18.2 Å². The van der Waals surface area contributed by atoms with Gasteiger partial charge in [0.2, 0.25) is 5.95 Å². The molecule has 0 spiro atoms. The van der Waals surface area contributed by atoms with E-state index in [-0.39, 0.29) is 0 Å².